The van der Waals surface area contributed by atoms with Crippen LogP contribution in [0.15, 0.2) is 18.7 Å². The smallest absolute Gasteiger partial charge is 0.268 e. The molecule has 0 saturated heterocycles. The molecule has 0 radical (unpaired) electrons. The van der Waals surface area contributed by atoms with Crippen molar-refractivity contribution in [3.63, 3.8) is 0 Å². The molecule has 1 amide bonds. The number of hydrogen-bond acceptors (Lipinski definition) is 6. The second kappa shape index (κ2) is 8.33. The summed E-state index contributed by atoms with van der Waals surface area (Å²) in [6.07, 6.45) is 8.98. The molecule has 4 N–H and O–H groups in total. The van der Waals surface area contributed by atoms with Crippen molar-refractivity contribution in [2.45, 2.75) is 63.6 Å². The molecule has 2 unspecified atom stereocenters. The topological polar surface area (TPSA) is 99.2 Å². The Morgan fingerprint density at radius 3 is 2.78 bits per heavy atom. The van der Waals surface area contributed by atoms with E-state index in [0.717, 1.165) is 38.6 Å². The molecule has 0 aromatic carbocycles. The Labute approximate surface area is 137 Å². The van der Waals surface area contributed by atoms with Gasteiger partial charge in [-0.25, -0.2) is 15.4 Å². The number of aliphatic hydroxyl groups excluding tert-OH is 1. The maximum atomic E-state index is 12.0. The van der Waals surface area contributed by atoms with Gasteiger partial charge in [-0.05, 0) is 52.5 Å². The second-order valence-electron chi connectivity index (χ2n) is 6.81. The van der Waals surface area contributed by atoms with E-state index in [1.807, 2.05) is 13.8 Å². The Hall–Kier alpha value is -1.57. The molecule has 2 atom stereocenters. The molecular weight excluding hydrogens is 294 g/mol. The van der Waals surface area contributed by atoms with Gasteiger partial charge in [0.25, 0.3) is 5.91 Å². The number of hydrogen-bond donors (Lipinski definition) is 4. The first kappa shape index (κ1) is 17.8. The number of aliphatic hydroxyl groups is 1. The van der Waals surface area contributed by atoms with Crippen molar-refractivity contribution in [3.05, 3.63) is 24.3 Å². The number of rotatable bonds is 7. The number of carbonyl (C=O) groups is 1. The standard InChI is InChI=1S/C16H27N5O2/c1-16(2,6-7-19-13-4-3-5-14(22)8-13)21-20-15(23)12-9-17-11-18-10-12/h9-11,13-14,19,21-22H,3-8H2,1-2H3,(H,20,23). The largest absolute Gasteiger partial charge is 0.393 e. The lowest BCUT2D eigenvalue weighted by molar-refractivity contribution is 0.0904. The third-order valence-corrected chi connectivity index (χ3v) is 4.17. The van der Waals surface area contributed by atoms with Gasteiger partial charge in [-0.15, -0.1) is 0 Å². The van der Waals surface area contributed by atoms with Gasteiger partial charge in [0.2, 0.25) is 0 Å². The van der Waals surface area contributed by atoms with Gasteiger partial charge >= 0.3 is 0 Å². The highest BCUT2D eigenvalue weighted by molar-refractivity contribution is 5.93. The van der Waals surface area contributed by atoms with E-state index in [0.29, 0.717) is 11.6 Å². The summed E-state index contributed by atoms with van der Waals surface area (Å²) in [5, 5.41) is 13.2. The first-order valence-electron chi connectivity index (χ1n) is 8.20. The van der Waals surface area contributed by atoms with Gasteiger partial charge in [0.15, 0.2) is 0 Å². The summed E-state index contributed by atoms with van der Waals surface area (Å²) >= 11 is 0. The summed E-state index contributed by atoms with van der Waals surface area (Å²) in [4.78, 5) is 19.6. The molecule has 0 spiro atoms. The van der Waals surface area contributed by atoms with Gasteiger partial charge in [-0.2, -0.15) is 0 Å². The molecule has 128 valence electrons. The van der Waals surface area contributed by atoms with E-state index in [1.165, 1.54) is 18.7 Å². The van der Waals surface area contributed by atoms with Crippen LogP contribution in [0.5, 0.6) is 0 Å². The van der Waals surface area contributed by atoms with Crippen molar-refractivity contribution in [1.82, 2.24) is 26.1 Å². The van der Waals surface area contributed by atoms with E-state index in [1.54, 1.807) is 0 Å². The van der Waals surface area contributed by atoms with Gasteiger partial charge in [-0.1, -0.05) is 0 Å². The lowest BCUT2D eigenvalue weighted by atomic mass is 9.92. The van der Waals surface area contributed by atoms with Gasteiger partial charge < -0.3 is 10.4 Å². The number of carbonyl (C=O) groups excluding carboxylic acids is 1. The fourth-order valence-corrected chi connectivity index (χ4v) is 2.72. The van der Waals surface area contributed by atoms with E-state index >= 15 is 0 Å². The quantitative estimate of drug-likeness (QED) is 0.554. The SMILES string of the molecule is CC(C)(CCNC1CCCC(O)C1)NNC(=O)c1cncnc1. The third-order valence-electron chi connectivity index (χ3n) is 4.17. The molecule has 1 aromatic rings. The van der Waals surface area contributed by atoms with Crippen LogP contribution in [0.3, 0.4) is 0 Å². The Kier molecular flexibility index (Phi) is 6.44. The van der Waals surface area contributed by atoms with Gasteiger partial charge in [0.05, 0.1) is 11.7 Å². The summed E-state index contributed by atoms with van der Waals surface area (Å²) in [6, 6.07) is 0.394. The summed E-state index contributed by atoms with van der Waals surface area (Å²) in [6.45, 7) is 4.90. The Morgan fingerprint density at radius 1 is 1.35 bits per heavy atom. The molecular formula is C16H27N5O2. The number of nitrogens with one attached hydrogen (secondary N) is 3. The summed E-state index contributed by atoms with van der Waals surface area (Å²) in [7, 11) is 0. The van der Waals surface area contributed by atoms with Crippen LogP contribution in [0.2, 0.25) is 0 Å². The van der Waals surface area contributed by atoms with Crippen LogP contribution in [0, 0.1) is 0 Å². The van der Waals surface area contributed by atoms with Crippen molar-refractivity contribution < 1.29 is 9.90 Å². The van der Waals surface area contributed by atoms with Crippen LogP contribution in [-0.4, -0.2) is 45.2 Å². The fourth-order valence-electron chi connectivity index (χ4n) is 2.72. The number of aromatic nitrogens is 2. The molecule has 7 nitrogen and oxygen atoms in total. The predicted octanol–water partition coefficient (Wildman–Crippen LogP) is 0.773. The minimum atomic E-state index is -0.248. The summed E-state index contributed by atoms with van der Waals surface area (Å²) < 4.78 is 0. The molecule has 7 heteroatoms. The maximum Gasteiger partial charge on any atom is 0.268 e. The van der Waals surface area contributed by atoms with E-state index in [-0.39, 0.29) is 17.6 Å². The molecule has 1 heterocycles. The highest BCUT2D eigenvalue weighted by Gasteiger charge is 2.22. The number of nitrogens with zero attached hydrogens (tertiary/aromatic N) is 2. The zero-order valence-corrected chi connectivity index (χ0v) is 13.9. The minimum absolute atomic E-state index is 0.167. The van der Waals surface area contributed by atoms with E-state index in [4.69, 9.17) is 0 Å². The predicted molar refractivity (Wildman–Crippen MR) is 87.6 cm³/mol. The van der Waals surface area contributed by atoms with Crippen molar-refractivity contribution >= 4 is 5.91 Å². The van der Waals surface area contributed by atoms with Crippen molar-refractivity contribution in [2.24, 2.45) is 0 Å². The number of amides is 1. The molecule has 1 aliphatic carbocycles. The molecule has 0 aliphatic heterocycles. The average Bonchev–Trinajstić information content (AvgIpc) is 2.53. The van der Waals surface area contributed by atoms with Crippen LogP contribution in [0.25, 0.3) is 0 Å². The molecule has 1 saturated carbocycles. The second-order valence-corrected chi connectivity index (χ2v) is 6.81. The van der Waals surface area contributed by atoms with Crippen LogP contribution < -0.4 is 16.2 Å². The molecule has 2 rings (SSSR count). The highest BCUT2D eigenvalue weighted by atomic mass is 16.3. The fraction of sp³-hybridized carbons (Fsp3) is 0.688. The molecule has 1 aliphatic rings. The zero-order chi connectivity index (χ0) is 16.7. The van der Waals surface area contributed by atoms with Gasteiger partial charge in [0, 0.05) is 24.0 Å². The zero-order valence-electron chi connectivity index (χ0n) is 13.9. The van der Waals surface area contributed by atoms with Gasteiger partial charge in [-0.3, -0.25) is 10.2 Å². The van der Waals surface area contributed by atoms with Gasteiger partial charge in [0.1, 0.15) is 6.33 Å². The minimum Gasteiger partial charge on any atom is -0.393 e. The van der Waals surface area contributed by atoms with Crippen LogP contribution in [0.4, 0.5) is 0 Å². The first-order valence-corrected chi connectivity index (χ1v) is 8.20. The van der Waals surface area contributed by atoms with Crippen molar-refractivity contribution in [3.8, 4) is 0 Å². The number of hydrazine groups is 1. The van der Waals surface area contributed by atoms with Crippen LogP contribution >= 0.6 is 0 Å². The first-order chi connectivity index (χ1) is 11.0. The monoisotopic (exact) mass is 321 g/mol. The molecule has 1 aromatic heterocycles. The summed E-state index contributed by atoms with van der Waals surface area (Å²) in [5.41, 5.74) is 5.93. The lowest BCUT2D eigenvalue weighted by Gasteiger charge is -2.30. The lowest BCUT2D eigenvalue weighted by Crippen LogP contribution is -2.52. The normalized spacial score (nSPS) is 21.9. The highest BCUT2D eigenvalue weighted by Crippen LogP contribution is 2.18. The maximum absolute atomic E-state index is 12.0. The molecule has 0 bridgehead atoms. The molecule has 1 fully saturated rings. The van der Waals surface area contributed by atoms with E-state index in [2.05, 4.69) is 26.1 Å². The Morgan fingerprint density at radius 2 is 2.09 bits per heavy atom. The van der Waals surface area contributed by atoms with E-state index in [9.17, 15) is 9.90 Å². The average molecular weight is 321 g/mol. The third kappa shape index (κ3) is 6.21. The van der Waals surface area contributed by atoms with Crippen molar-refractivity contribution in [2.75, 3.05) is 6.54 Å². The van der Waals surface area contributed by atoms with Crippen LogP contribution in [-0.2, 0) is 0 Å². The molecule has 23 heavy (non-hydrogen) atoms. The van der Waals surface area contributed by atoms with Crippen LogP contribution in [0.1, 0.15) is 56.3 Å². The van der Waals surface area contributed by atoms with Crippen molar-refractivity contribution in [1.29, 1.82) is 0 Å². The Bertz CT molecular complexity index is 495. The van der Waals surface area contributed by atoms with E-state index < -0.39 is 0 Å². The summed E-state index contributed by atoms with van der Waals surface area (Å²) in [5.74, 6) is -0.248. The Balaban J connectivity index is 1.68.